The number of rotatable bonds is 8. The number of hydrogen-bond donors (Lipinski definition) is 1. The van der Waals surface area contributed by atoms with E-state index in [2.05, 4.69) is 28.2 Å². The predicted molar refractivity (Wildman–Crippen MR) is 117 cm³/mol. The number of carbonyl (C=O) groups excluding carboxylic acids is 1. The number of methoxy groups -OCH3 is 1. The van der Waals surface area contributed by atoms with Crippen molar-refractivity contribution >= 4 is 17.7 Å². The number of hydrogen-bond acceptors (Lipinski definition) is 6. The molecule has 1 amide bonds. The van der Waals surface area contributed by atoms with Gasteiger partial charge < -0.3 is 10.1 Å². The summed E-state index contributed by atoms with van der Waals surface area (Å²) in [5.41, 5.74) is 0.160. The summed E-state index contributed by atoms with van der Waals surface area (Å²) in [4.78, 5) is 12.8. The van der Waals surface area contributed by atoms with Crippen molar-refractivity contribution in [1.29, 1.82) is 5.26 Å². The minimum atomic E-state index is -0.743. The predicted octanol–water partition coefficient (Wildman–Crippen LogP) is 3.96. The molecule has 1 aromatic carbocycles. The van der Waals surface area contributed by atoms with Gasteiger partial charge >= 0.3 is 0 Å². The Morgan fingerprint density at radius 2 is 2.07 bits per heavy atom. The summed E-state index contributed by atoms with van der Waals surface area (Å²) in [6.45, 7) is 6.18. The number of nitrogens with one attached hydrogen (secondary N) is 1. The van der Waals surface area contributed by atoms with Crippen LogP contribution < -0.4 is 10.1 Å². The van der Waals surface area contributed by atoms with Gasteiger partial charge in [-0.3, -0.25) is 9.36 Å². The molecule has 8 heteroatoms. The van der Waals surface area contributed by atoms with Crippen LogP contribution in [0, 0.1) is 11.3 Å². The zero-order chi connectivity index (χ0) is 21.6. The zero-order valence-electron chi connectivity index (χ0n) is 17.4. The van der Waals surface area contributed by atoms with Crippen LogP contribution in [0.3, 0.4) is 0 Å². The number of thioether (sulfide) groups is 1. The molecule has 0 radical (unpaired) electrons. The van der Waals surface area contributed by atoms with Crippen molar-refractivity contribution in [2.45, 2.75) is 61.5 Å². The van der Waals surface area contributed by atoms with E-state index >= 15 is 0 Å². The van der Waals surface area contributed by atoms with E-state index in [1.54, 1.807) is 13.2 Å². The van der Waals surface area contributed by atoms with Gasteiger partial charge in [-0.15, -0.1) is 16.8 Å². The lowest BCUT2D eigenvalue weighted by atomic mass is 9.83. The molecule has 0 bridgehead atoms. The number of aromatic nitrogens is 3. The summed E-state index contributed by atoms with van der Waals surface area (Å²) in [5, 5.41) is 21.5. The highest BCUT2D eigenvalue weighted by molar-refractivity contribution is 8.00. The molecule has 0 unspecified atom stereocenters. The summed E-state index contributed by atoms with van der Waals surface area (Å²) in [7, 11) is 1.63. The van der Waals surface area contributed by atoms with Crippen molar-refractivity contribution in [2.24, 2.45) is 0 Å². The summed E-state index contributed by atoms with van der Waals surface area (Å²) in [6, 6.07) is 9.93. The quantitative estimate of drug-likeness (QED) is 0.508. The molecule has 0 aliphatic heterocycles. The van der Waals surface area contributed by atoms with E-state index in [1.165, 1.54) is 11.8 Å². The summed E-state index contributed by atoms with van der Waals surface area (Å²) in [6.07, 6.45) is 6.24. The van der Waals surface area contributed by atoms with Crippen molar-refractivity contribution < 1.29 is 9.53 Å². The van der Waals surface area contributed by atoms with Gasteiger partial charge in [0.25, 0.3) is 0 Å². The van der Waals surface area contributed by atoms with Gasteiger partial charge in [0.15, 0.2) is 11.0 Å². The second-order valence-electron chi connectivity index (χ2n) is 7.44. The molecule has 2 aromatic rings. The average molecular weight is 426 g/mol. The summed E-state index contributed by atoms with van der Waals surface area (Å²) >= 11 is 1.33. The van der Waals surface area contributed by atoms with Crippen LogP contribution in [0.15, 0.2) is 42.1 Å². The molecule has 1 aromatic heterocycles. The van der Waals surface area contributed by atoms with Crippen LogP contribution in [-0.4, -0.2) is 38.6 Å². The first kappa shape index (κ1) is 21.9. The first-order valence-electron chi connectivity index (χ1n) is 10.1. The Bertz CT molecular complexity index is 926. The molecule has 1 aliphatic carbocycles. The maximum atomic E-state index is 12.8. The van der Waals surface area contributed by atoms with Gasteiger partial charge in [0.1, 0.15) is 11.3 Å². The third-order valence-corrected chi connectivity index (χ3v) is 6.39. The Morgan fingerprint density at radius 1 is 1.37 bits per heavy atom. The minimum absolute atomic E-state index is 0.150. The number of nitrogens with zero attached hydrogens (tertiary/aromatic N) is 4. The average Bonchev–Trinajstić information content (AvgIpc) is 3.16. The largest absolute Gasteiger partial charge is 0.497 e. The SMILES string of the molecule is C=CCn1c(S[C@H](C)C(=O)NC2(C#N)CCCCC2)nnc1-c1ccc(OC)cc1. The molecule has 3 rings (SSSR count). The molecule has 0 saturated heterocycles. The second-order valence-corrected chi connectivity index (χ2v) is 8.75. The fourth-order valence-corrected chi connectivity index (χ4v) is 4.45. The van der Waals surface area contributed by atoms with E-state index in [0.29, 0.717) is 30.4 Å². The first-order chi connectivity index (χ1) is 14.5. The third-order valence-electron chi connectivity index (χ3n) is 5.31. The van der Waals surface area contributed by atoms with Gasteiger partial charge in [-0.2, -0.15) is 5.26 Å². The number of nitriles is 1. The van der Waals surface area contributed by atoms with Crippen LogP contribution in [0.4, 0.5) is 0 Å². The lowest BCUT2D eigenvalue weighted by Crippen LogP contribution is -2.51. The standard InChI is InChI=1S/C22H27N5O2S/c1-4-14-27-19(17-8-10-18(29-3)11-9-17)25-26-21(27)30-16(2)20(28)24-22(15-23)12-6-5-7-13-22/h4,8-11,16H,1,5-7,12-14H2,2-3H3,(H,24,28)/t16-/m1/s1. The highest BCUT2D eigenvalue weighted by Gasteiger charge is 2.35. The zero-order valence-corrected chi connectivity index (χ0v) is 18.2. The molecule has 1 N–H and O–H groups in total. The van der Waals surface area contributed by atoms with Crippen molar-refractivity contribution in [3.63, 3.8) is 0 Å². The van der Waals surface area contributed by atoms with Crippen LogP contribution in [0.2, 0.25) is 0 Å². The number of ether oxygens (including phenoxy) is 1. The Morgan fingerprint density at radius 3 is 2.67 bits per heavy atom. The molecule has 1 fully saturated rings. The summed E-state index contributed by atoms with van der Waals surface area (Å²) < 4.78 is 7.15. The Labute approximate surface area is 181 Å². The van der Waals surface area contributed by atoms with Gasteiger partial charge in [0, 0.05) is 12.1 Å². The molecule has 1 aliphatic rings. The van der Waals surface area contributed by atoms with Crippen LogP contribution in [0.1, 0.15) is 39.0 Å². The number of carbonyl (C=O) groups is 1. The normalized spacial score (nSPS) is 16.3. The molecular weight excluding hydrogens is 398 g/mol. The minimum Gasteiger partial charge on any atom is -0.497 e. The van der Waals surface area contributed by atoms with Crippen molar-refractivity contribution in [3.8, 4) is 23.2 Å². The van der Waals surface area contributed by atoms with E-state index in [0.717, 1.165) is 30.6 Å². The van der Waals surface area contributed by atoms with E-state index in [4.69, 9.17) is 4.74 Å². The van der Waals surface area contributed by atoms with Crippen molar-refractivity contribution in [2.75, 3.05) is 7.11 Å². The monoisotopic (exact) mass is 425 g/mol. The van der Waals surface area contributed by atoms with Crippen LogP contribution in [0.25, 0.3) is 11.4 Å². The highest BCUT2D eigenvalue weighted by atomic mass is 32.2. The topological polar surface area (TPSA) is 92.8 Å². The van der Waals surface area contributed by atoms with Gasteiger partial charge in [-0.05, 0) is 44.0 Å². The molecule has 7 nitrogen and oxygen atoms in total. The highest BCUT2D eigenvalue weighted by Crippen LogP contribution is 2.30. The van der Waals surface area contributed by atoms with Gasteiger partial charge in [0.2, 0.25) is 5.91 Å². The fraction of sp³-hybridized carbons (Fsp3) is 0.455. The molecular formula is C22H27N5O2S. The molecule has 158 valence electrons. The Kier molecular flexibility index (Phi) is 7.16. The van der Waals surface area contributed by atoms with E-state index in [9.17, 15) is 10.1 Å². The second kappa shape index (κ2) is 9.81. The molecule has 1 saturated carbocycles. The smallest absolute Gasteiger partial charge is 0.234 e. The van der Waals surface area contributed by atoms with Crippen LogP contribution in [0.5, 0.6) is 5.75 Å². The van der Waals surface area contributed by atoms with Gasteiger partial charge in [-0.25, -0.2) is 0 Å². The van der Waals surface area contributed by atoms with Crippen LogP contribution in [-0.2, 0) is 11.3 Å². The first-order valence-corrected chi connectivity index (χ1v) is 11.0. The molecule has 30 heavy (non-hydrogen) atoms. The lowest BCUT2D eigenvalue weighted by molar-refractivity contribution is -0.121. The number of amides is 1. The van der Waals surface area contributed by atoms with Gasteiger partial charge in [-0.1, -0.05) is 37.1 Å². The molecule has 0 spiro atoms. The molecule has 1 heterocycles. The molecule has 1 atom stereocenters. The Hall–Kier alpha value is -2.79. The van der Waals surface area contributed by atoms with E-state index < -0.39 is 10.8 Å². The van der Waals surface area contributed by atoms with E-state index in [1.807, 2.05) is 35.8 Å². The summed E-state index contributed by atoms with van der Waals surface area (Å²) in [5.74, 6) is 1.32. The fourth-order valence-electron chi connectivity index (χ4n) is 3.59. The van der Waals surface area contributed by atoms with Crippen molar-refractivity contribution in [1.82, 2.24) is 20.1 Å². The number of allylic oxidation sites excluding steroid dienone is 1. The maximum absolute atomic E-state index is 12.8. The lowest BCUT2D eigenvalue weighted by Gasteiger charge is -2.32. The van der Waals surface area contributed by atoms with Crippen LogP contribution >= 0.6 is 11.8 Å². The van der Waals surface area contributed by atoms with Crippen molar-refractivity contribution in [3.05, 3.63) is 36.9 Å². The Balaban J connectivity index is 1.76. The van der Waals surface area contributed by atoms with E-state index in [-0.39, 0.29) is 5.91 Å². The third kappa shape index (κ3) is 4.85. The maximum Gasteiger partial charge on any atom is 0.234 e. The van der Waals surface area contributed by atoms with Gasteiger partial charge in [0.05, 0.1) is 18.4 Å². The number of benzene rings is 1.